The molecule has 0 spiro atoms. The Bertz CT molecular complexity index is 2860. The van der Waals surface area contributed by atoms with Crippen molar-refractivity contribution in [3.63, 3.8) is 0 Å². The number of oxazole rings is 1. The van der Waals surface area contributed by atoms with Crippen LogP contribution in [0.1, 0.15) is 0 Å². The summed E-state index contributed by atoms with van der Waals surface area (Å²) in [6, 6.07) is 67.6. The van der Waals surface area contributed by atoms with Gasteiger partial charge in [-0.2, -0.15) is 0 Å². The van der Waals surface area contributed by atoms with Gasteiger partial charge in [0.2, 0.25) is 5.89 Å². The lowest BCUT2D eigenvalue weighted by Gasteiger charge is -2.27. The van der Waals surface area contributed by atoms with Crippen molar-refractivity contribution in [1.82, 2.24) is 4.98 Å². The van der Waals surface area contributed by atoms with Gasteiger partial charge in [0.05, 0.1) is 0 Å². The molecule has 0 saturated carbocycles. The molecule has 2 heterocycles. The standard InChI is InChI=1S/C49H32N2O2/c1-5-14-33(15-6-1)34-24-26-38(27-25-34)51(37-20-11-4-12-21-37)39-28-29-40(42(30-39)35-16-7-2-8-17-35)41-22-13-23-45-48(41)43-31-47-44(32-46(43)52-45)50-49(53-47)36-18-9-3-10-19-36/h1-32H. The number of benzene rings is 8. The van der Waals surface area contributed by atoms with Crippen LogP contribution in [0.2, 0.25) is 0 Å². The van der Waals surface area contributed by atoms with E-state index in [4.69, 9.17) is 13.8 Å². The van der Waals surface area contributed by atoms with Crippen molar-refractivity contribution in [3.8, 4) is 44.8 Å². The maximum Gasteiger partial charge on any atom is 0.227 e. The topological polar surface area (TPSA) is 42.4 Å². The van der Waals surface area contributed by atoms with Crippen molar-refractivity contribution < 1.29 is 8.83 Å². The average molecular weight is 681 g/mol. The molecule has 0 N–H and O–H groups in total. The van der Waals surface area contributed by atoms with Crippen molar-refractivity contribution >= 4 is 50.1 Å². The van der Waals surface area contributed by atoms with E-state index in [0.717, 1.165) is 77.9 Å². The van der Waals surface area contributed by atoms with Gasteiger partial charge in [-0.15, -0.1) is 0 Å². The second-order valence-corrected chi connectivity index (χ2v) is 13.2. The van der Waals surface area contributed by atoms with Crippen LogP contribution in [-0.4, -0.2) is 4.98 Å². The van der Waals surface area contributed by atoms with Crippen molar-refractivity contribution in [3.05, 3.63) is 194 Å². The van der Waals surface area contributed by atoms with E-state index in [1.54, 1.807) is 0 Å². The third kappa shape index (κ3) is 5.54. The van der Waals surface area contributed by atoms with Gasteiger partial charge in [0.15, 0.2) is 5.58 Å². The fourth-order valence-electron chi connectivity index (χ4n) is 7.40. The van der Waals surface area contributed by atoms with Gasteiger partial charge in [0.1, 0.15) is 16.7 Å². The quantitative estimate of drug-likeness (QED) is 0.168. The summed E-state index contributed by atoms with van der Waals surface area (Å²) in [5.41, 5.74) is 14.1. The van der Waals surface area contributed by atoms with Gasteiger partial charge in [-0.25, -0.2) is 4.98 Å². The van der Waals surface area contributed by atoms with Crippen molar-refractivity contribution in [2.75, 3.05) is 4.90 Å². The minimum absolute atomic E-state index is 0.595. The van der Waals surface area contributed by atoms with Crippen LogP contribution >= 0.6 is 0 Å². The summed E-state index contributed by atoms with van der Waals surface area (Å²) in [7, 11) is 0. The van der Waals surface area contributed by atoms with Crippen LogP contribution in [0.4, 0.5) is 17.1 Å². The molecule has 0 unspecified atom stereocenters. The van der Waals surface area contributed by atoms with Crippen molar-refractivity contribution in [1.29, 1.82) is 0 Å². The maximum absolute atomic E-state index is 6.51. The fourth-order valence-corrected chi connectivity index (χ4v) is 7.40. The van der Waals surface area contributed by atoms with E-state index in [9.17, 15) is 0 Å². The van der Waals surface area contributed by atoms with Crippen LogP contribution in [0.25, 0.3) is 77.9 Å². The number of hydrogen-bond acceptors (Lipinski definition) is 4. The third-order valence-electron chi connectivity index (χ3n) is 9.91. The van der Waals surface area contributed by atoms with E-state index < -0.39 is 0 Å². The SMILES string of the molecule is c1ccc(-c2ccc(N(c3ccccc3)c3ccc(-c4cccc5oc6cc7nc(-c8ccccc8)oc7cc6c45)c(-c4ccccc4)c3)cc2)cc1. The molecule has 0 radical (unpaired) electrons. The van der Waals surface area contributed by atoms with Gasteiger partial charge in [-0.1, -0.05) is 127 Å². The minimum atomic E-state index is 0.595. The number of anilines is 3. The monoisotopic (exact) mass is 680 g/mol. The van der Waals surface area contributed by atoms with E-state index >= 15 is 0 Å². The first-order valence-corrected chi connectivity index (χ1v) is 17.8. The Hall–Kier alpha value is -7.17. The summed E-state index contributed by atoms with van der Waals surface area (Å²) in [6.07, 6.45) is 0. The number of aromatic nitrogens is 1. The molecule has 0 bridgehead atoms. The summed E-state index contributed by atoms with van der Waals surface area (Å²) in [5.74, 6) is 0.595. The predicted molar refractivity (Wildman–Crippen MR) is 218 cm³/mol. The Balaban J connectivity index is 1.14. The molecule has 4 nitrogen and oxygen atoms in total. The summed E-state index contributed by atoms with van der Waals surface area (Å²) in [5, 5.41) is 2.04. The molecule has 53 heavy (non-hydrogen) atoms. The summed E-state index contributed by atoms with van der Waals surface area (Å²) >= 11 is 0. The van der Waals surface area contributed by atoms with Crippen LogP contribution in [-0.2, 0) is 0 Å². The Kier molecular flexibility index (Phi) is 7.43. The molecule has 10 rings (SSSR count). The maximum atomic E-state index is 6.51. The summed E-state index contributed by atoms with van der Waals surface area (Å²) < 4.78 is 12.8. The van der Waals surface area contributed by atoms with Crippen LogP contribution < -0.4 is 4.90 Å². The second-order valence-electron chi connectivity index (χ2n) is 13.2. The zero-order valence-electron chi connectivity index (χ0n) is 28.7. The number of fused-ring (bicyclic) bond motifs is 4. The van der Waals surface area contributed by atoms with Gasteiger partial charge in [0.25, 0.3) is 0 Å². The van der Waals surface area contributed by atoms with E-state index in [2.05, 4.69) is 157 Å². The third-order valence-corrected chi connectivity index (χ3v) is 9.91. The molecule has 0 atom stereocenters. The highest BCUT2D eigenvalue weighted by Gasteiger charge is 2.21. The molecule has 0 aliphatic heterocycles. The molecule has 2 aromatic heterocycles. The second kappa shape index (κ2) is 12.9. The number of para-hydroxylation sites is 1. The molecule has 0 aliphatic rings. The Morgan fingerprint density at radius 2 is 0.962 bits per heavy atom. The summed E-state index contributed by atoms with van der Waals surface area (Å²) in [4.78, 5) is 7.13. The molecule has 0 aliphatic carbocycles. The van der Waals surface area contributed by atoms with Gasteiger partial charge in [-0.05, 0) is 94.0 Å². The fraction of sp³-hybridized carbons (Fsp3) is 0. The molecular formula is C49H32N2O2. The molecule has 4 heteroatoms. The highest BCUT2D eigenvalue weighted by atomic mass is 16.4. The van der Waals surface area contributed by atoms with Gasteiger partial charge in [0, 0.05) is 39.5 Å². The number of nitrogens with zero attached hydrogens (tertiary/aromatic N) is 2. The van der Waals surface area contributed by atoms with E-state index in [-0.39, 0.29) is 0 Å². The van der Waals surface area contributed by atoms with E-state index in [1.807, 2.05) is 42.5 Å². The van der Waals surface area contributed by atoms with Crippen molar-refractivity contribution in [2.24, 2.45) is 0 Å². The number of hydrogen-bond donors (Lipinski definition) is 0. The minimum Gasteiger partial charge on any atom is -0.456 e. The molecule has 0 saturated heterocycles. The Morgan fingerprint density at radius 1 is 0.358 bits per heavy atom. The predicted octanol–water partition coefficient (Wildman–Crippen LogP) is 13.9. The zero-order valence-corrected chi connectivity index (χ0v) is 28.7. The van der Waals surface area contributed by atoms with Crippen LogP contribution in [0, 0.1) is 0 Å². The Morgan fingerprint density at radius 3 is 1.68 bits per heavy atom. The lowest BCUT2D eigenvalue weighted by Crippen LogP contribution is -2.10. The first kappa shape index (κ1) is 30.6. The number of furan rings is 1. The van der Waals surface area contributed by atoms with Crippen molar-refractivity contribution in [2.45, 2.75) is 0 Å². The molecular weight excluding hydrogens is 649 g/mol. The number of rotatable bonds is 7. The van der Waals surface area contributed by atoms with Crippen LogP contribution in [0.15, 0.2) is 203 Å². The normalized spacial score (nSPS) is 11.4. The largest absolute Gasteiger partial charge is 0.456 e. The first-order valence-electron chi connectivity index (χ1n) is 17.8. The highest BCUT2D eigenvalue weighted by molar-refractivity contribution is 6.16. The molecule has 250 valence electrons. The molecule has 0 fully saturated rings. The molecule has 0 amide bonds. The van der Waals surface area contributed by atoms with Crippen LogP contribution in [0.5, 0.6) is 0 Å². The van der Waals surface area contributed by atoms with Crippen LogP contribution in [0.3, 0.4) is 0 Å². The highest BCUT2D eigenvalue weighted by Crippen LogP contribution is 2.45. The van der Waals surface area contributed by atoms with Gasteiger partial charge < -0.3 is 13.7 Å². The molecule has 8 aromatic carbocycles. The van der Waals surface area contributed by atoms with Gasteiger partial charge in [-0.3, -0.25) is 0 Å². The Labute approximate surface area is 306 Å². The lowest BCUT2D eigenvalue weighted by molar-refractivity contribution is 0.620. The van der Waals surface area contributed by atoms with E-state index in [0.29, 0.717) is 5.89 Å². The molecule has 10 aromatic rings. The first-order chi connectivity index (χ1) is 26.3. The van der Waals surface area contributed by atoms with E-state index in [1.165, 1.54) is 11.1 Å². The zero-order chi connectivity index (χ0) is 35.1. The lowest BCUT2D eigenvalue weighted by atomic mass is 9.91. The average Bonchev–Trinajstić information content (AvgIpc) is 3.82. The van der Waals surface area contributed by atoms with Gasteiger partial charge >= 0.3 is 0 Å². The smallest absolute Gasteiger partial charge is 0.227 e. The summed E-state index contributed by atoms with van der Waals surface area (Å²) in [6.45, 7) is 0.